The van der Waals surface area contributed by atoms with Gasteiger partial charge in [-0.05, 0) is 62.2 Å². The third-order valence-electron chi connectivity index (χ3n) is 3.85. The van der Waals surface area contributed by atoms with Crippen molar-refractivity contribution in [3.63, 3.8) is 0 Å². The molecule has 2 rings (SSSR count). The number of carbonyl (C=O) groups excluding carboxylic acids is 1. The second-order valence-corrected chi connectivity index (χ2v) is 6.07. The van der Waals surface area contributed by atoms with E-state index in [2.05, 4.69) is 16.2 Å². The number of ether oxygens (including phenoxy) is 1. The van der Waals surface area contributed by atoms with E-state index < -0.39 is 0 Å². The predicted octanol–water partition coefficient (Wildman–Crippen LogP) is 2.12. The fourth-order valence-corrected chi connectivity index (χ4v) is 2.62. The Bertz CT molecular complexity index is 542. The lowest BCUT2D eigenvalue weighted by molar-refractivity contribution is -0.123. The molecule has 0 atom stereocenters. The number of carbonyl (C=O) groups is 1. The van der Waals surface area contributed by atoms with E-state index in [1.165, 1.54) is 18.4 Å². The van der Waals surface area contributed by atoms with Crippen molar-refractivity contribution in [2.24, 2.45) is 0 Å². The lowest BCUT2D eigenvalue weighted by Gasteiger charge is -2.16. The lowest BCUT2D eigenvalue weighted by Crippen LogP contribution is -2.50. The van der Waals surface area contributed by atoms with Gasteiger partial charge in [0.15, 0.2) is 11.7 Å². The van der Waals surface area contributed by atoms with Gasteiger partial charge in [0.2, 0.25) is 0 Å². The van der Waals surface area contributed by atoms with Crippen molar-refractivity contribution >= 4 is 23.2 Å². The Morgan fingerprint density at radius 1 is 1.23 bits per heavy atom. The number of aryl methyl sites for hydroxylation is 2. The zero-order chi connectivity index (χ0) is 15.9. The average Bonchev–Trinajstić information content (AvgIpc) is 2.99. The maximum atomic E-state index is 11.7. The highest BCUT2D eigenvalue weighted by Crippen LogP contribution is 2.17. The maximum Gasteiger partial charge on any atom is 0.276 e. The van der Waals surface area contributed by atoms with Crippen molar-refractivity contribution in [3.8, 4) is 5.75 Å². The van der Waals surface area contributed by atoms with Gasteiger partial charge in [0.05, 0.1) is 0 Å². The van der Waals surface area contributed by atoms with Crippen LogP contribution in [0.5, 0.6) is 5.75 Å². The molecule has 1 aromatic carbocycles. The van der Waals surface area contributed by atoms with Gasteiger partial charge in [-0.2, -0.15) is 0 Å². The van der Waals surface area contributed by atoms with Gasteiger partial charge in [0.25, 0.3) is 5.91 Å². The molecule has 1 aromatic rings. The molecule has 3 N–H and O–H groups in total. The summed E-state index contributed by atoms with van der Waals surface area (Å²) in [6, 6.07) is 6.17. The Labute approximate surface area is 136 Å². The number of hydrazine groups is 1. The standard InChI is InChI=1S/C16H23N3O2S/c1-11-7-8-14(9-12(11)2)21-10-15(20)18-19-16(22)17-13-5-3-4-6-13/h7-9,13H,3-6,10H2,1-2H3,(H,18,20)(H2,17,19,22). The van der Waals surface area contributed by atoms with Crippen molar-refractivity contribution in [2.75, 3.05) is 6.61 Å². The molecule has 5 nitrogen and oxygen atoms in total. The highest BCUT2D eigenvalue weighted by atomic mass is 32.1. The molecule has 0 spiro atoms. The summed E-state index contributed by atoms with van der Waals surface area (Å²) in [5.74, 6) is 0.415. The second-order valence-electron chi connectivity index (χ2n) is 5.66. The van der Waals surface area contributed by atoms with Crippen LogP contribution in [0.25, 0.3) is 0 Å². The summed E-state index contributed by atoms with van der Waals surface area (Å²) >= 11 is 5.14. The number of benzene rings is 1. The zero-order valence-electron chi connectivity index (χ0n) is 13.1. The van der Waals surface area contributed by atoms with E-state index in [4.69, 9.17) is 17.0 Å². The van der Waals surface area contributed by atoms with E-state index in [-0.39, 0.29) is 12.5 Å². The third kappa shape index (κ3) is 5.18. The smallest absolute Gasteiger partial charge is 0.276 e. The normalized spacial score (nSPS) is 14.5. The molecule has 0 unspecified atom stereocenters. The molecule has 1 saturated carbocycles. The molecule has 0 heterocycles. The first-order valence-electron chi connectivity index (χ1n) is 7.60. The summed E-state index contributed by atoms with van der Waals surface area (Å²) in [7, 11) is 0. The first-order chi connectivity index (χ1) is 10.5. The van der Waals surface area contributed by atoms with Crippen LogP contribution in [0.1, 0.15) is 36.8 Å². The molecule has 1 fully saturated rings. The summed E-state index contributed by atoms with van der Waals surface area (Å²) in [4.78, 5) is 11.7. The van der Waals surface area contributed by atoms with Crippen molar-refractivity contribution in [2.45, 2.75) is 45.6 Å². The van der Waals surface area contributed by atoms with Gasteiger partial charge in [0.1, 0.15) is 5.75 Å². The number of hydrogen-bond donors (Lipinski definition) is 3. The fourth-order valence-electron chi connectivity index (χ4n) is 2.41. The van der Waals surface area contributed by atoms with Crippen LogP contribution in [0.3, 0.4) is 0 Å². The summed E-state index contributed by atoms with van der Waals surface area (Å²) in [5.41, 5.74) is 7.57. The second kappa shape index (κ2) is 7.98. The Morgan fingerprint density at radius 2 is 1.95 bits per heavy atom. The van der Waals surface area contributed by atoms with Crippen LogP contribution < -0.4 is 20.9 Å². The summed E-state index contributed by atoms with van der Waals surface area (Å²) < 4.78 is 5.45. The minimum atomic E-state index is -0.270. The van der Waals surface area contributed by atoms with Gasteiger partial charge in [0, 0.05) is 6.04 Å². The maximum absolute atomic E-state index is 11.7. The highest BCUT2D eigenvalue weighted by molar-refractivity contribution is 7.80. The van der Waals surface area contributed by atoms with E-state index in [0.29, 0.717) is 16.9 Å². The van der Waals surface area contributed by atoms with Gasteiger partial charge < -0.3 is 10.1 Å². The zero-order valence-corrected chi connectivity index (χ0v) is 13.9. The average molecular weight is 321 g/mol. The minimum Gasteiger partial charge on any atom is -0.484 e. The molecule has 0 saturated heterocycles. The van der Waals surface area contributed by atoms with E-state index in [1.807, 2.05) is 32.0 Å². The largest absolute Gasteiger partial charge is 0.484 e. The molecule has 1 amide bonds. The van der Waals surface area contributed by atoms with Crippen molar-refractivity contribution < 1.29 is 9.53 Å². The van der Waals surface area contributed by atoms with E-state index in [9.17, 15) is 4.79 Å². The highest BCUT2D eigenvalue weighted by Gasteiger charge is 2.15. The third-order valence-corrected chi connectivity index (χ3v) is 4.07. The lowest BCUT2D eigenvalue weighted by atomic mass is 10.1. The van der Waals surface area contributed by atoms with Gasteiger partial charge in [-0.1, -0.05) is 18.9 Å². The first kappa shape index (κ1) is 16.5. The summed E-state index contributed by atoms with van der Waals surface area (Å²) in [5, 5.41) is 3.64. The van der Waals surface area contributed by atoms with Crippen LogP contribution in [-0.4, -0.2) is 23.7 Å². The molecule has 1 aliphatic carbocycles. The number of hydrogen-bond acceptors (Lipinski definition) is 3. The molecule has 0 aliphatic heterocycles. The number of nitrogens with one attached hydrogen (secondary N) is 3. The van der Waals surface area contributed by atoms with Gasteiger partial charge in [-0.3, -0.25) is 15.6 Å². The molecular formula is C16H23N3O2S. The topological polar surface area (TPSA) is 62.4 Å². The Balaban J connectivity index is 1.66. The van der Waals surface area contributed by atoms with Crippen LogP contribution in [0.15, 0.2) is 18.2 Å². The van der Waals surface area contributed by atoms with Crippen LogP contribution in [0.2, 0.25) is 0 Å². The van der Waals surface area contributed by atoms with Crippen LogP contribution in [-0.2, 0) is 4.79 Å². The monoisotopic (exact) mass is 321 g/mol. The number of rotatable bonds is 4. The molecule has 0 bridgehead atoms. The number of amides is 1. The van der Waals surface area contributed by atoms with Crippen LogP contribution in [0, 0.1) is 13.8 Å². The minimum absolute atomic E-state index is 0.0540. The SMILES string of the molecule is Cc1ccc(OCC(=O)NNC(=S)NC2CCCC2)cc1C. The quantitative estimate of drug-likeness (QED) is 0.586. The molecule has 22 heavy (non-hydrogen) atoms. The van der Waals surface area contributed by atoms with Crippen LogP contribution in [0.4, 0.5) is 0 Å². The van der Waals surface area contributed by atoms with E-state index >= 15 is 0 Å². The van der Waals surface area contributed by atoms with E-state index in [0.717, 1.165) is 18.4 Å². The Hall–Kier alpha value is -1.82. The Kier molecular flexibility index (Phi) is 6.00. The molecular weight excluding hydrogens is 298 g/mol. The van der Waals surface area contributed by atoms with Crippen LogP contribution >= 0.6 is 12.2 Å². The number of thiocarbonyl (C=S) groups is 1. The van der Waals surface area contributed by atoms with Crippen molar-refractivity contribution in [1.29, 1.82) is 0 Å². The molecule has 120 valence electrons. The van der Waals surface area contributed by atoms with Gasteiger partial charge in [-0.15, -0.1) is 0 Å². The predicted molar refractivity (Wildman–Crippen MR) is 90.7 cm³/mol. The van der Waals surface area contributed by atoms with Gasteiger partial charge in [-0.25, -0.2) is 0 Å². The fraction of sp³-hybridized carbons (Fsp3) is 0.500. The van der Waals surface area contributed by atoms with Gasteiger partial charge >= 0.3 is 0 Å². The first-order valence-corrected chi connectivity index (χ1v) is 8.01. The Morgan fingerprint density at radius 3 is 2.64 bits per heavy atom. The van der Waals surface area contributed by atoms with Crippen molar-refractivity contribution in [3.05, 3.63) is 29.3 Å². The molecule has 0 aromatic heterocycles. The molecule has 6 heteroatoms. The van der Waals surface area contributed by atoms with E-state index in [1.54, 1.807) is 0 Å². The summed E-state index contributed by atoms with van der Waals surface area (Å²) in [6.07, 6.45) is 4.73. The van der Waals surface area contributed by atoms with Crippen molar-refractivity contribution in [1.82, 2.24) is 16.2 Å². The molecule has 0 radical (unpaired) electrons. The molecule has 1 aliphatic rings. The summed E-state index contributed by atoms with van der Waals surface area (Å²) in [6.45, 7) is 3.99.